The second-order valence-corrected chi connectivity index (χ2v) is 5.14. The number of benzene rings is 1. The highest BCUT2D eigenvalue weighted by Crippen LogP contribution is 2.29. The van der Waals surface area contributed by atoms with Gasteiger partial charge in [0.15, 0.2) is 0 Å². The van der Waals surface area contributed by atoms with Crippen LogP contribution in [0.3, 0.4) is 0 Å². The SMILES string of the molecule is O=C1CCC(N2Cc3ccc(Cl)cc3C2=O)C(=O)N1. The largest absolute Gasteiger partial charge is 0.322 e. The average Bonchev–Trinajstić information content (AvgIpc) is 2.67. The van der Waals surface area contributed by atoms with Gasteiger partial charge in [-0.05, 0) is 24.1 Å². The summed E-state index contributed by atoms with van der Waals surface area (Å²) in [6, 6.07) is 4.56. The average molecular weight is 279 g/mol. The molecule has 1 unspecified atom stereocenters. The van der Waals surface area contributed by atoms with Gasteiger partial charge in [0.2, 0.25) is 11.8 Å². The number of fused-ring (bicyclic) bond motifs is 1. The Labute approximate surface area is 114 Å². The summed E-state index contributed by atoms with van der Waals surface area (Å²) in [7, 11) is 0. The number of nitrogens with one attached hydrogen (secondary N) is 1. The molecule has 1 saturated heterocycles. The van der Waals surface area contributed by atoms with E-state index in [-0.39, 0.29) is 18.2 Å². The molecule has 0 saturated carbocycles. The molecule has 1 atom stereocenters. The lowest BCUT2D eigenvalue weighted by molar-refractivity contribution is -0.136. The van der Waals surface area contributed by atoms with E-state index in [1.54, 1.807) is 18.2 Å². The van der Waals surface area contributed by atoms with Crippen LogP contribution in [0.2, 0.25) is 5.02 Å². The molecule has 19 heavy (non-hydrogen) atoms. The standard InChI is InChI=1S/C13H11ClN2O3/c14-8-2-1-7-6-16(13(19)9(7)5-8)10-3-4-11(17)15-12(10)18/h1-2,5,10H,3-4,6H2,(H,15,17,18). The van der Waals surface area contributed by atoms with Crippen LogP contribution in [0.5, 0.6) is 0 Å². The van der Waals surface area contributed by atoms with Crippen molar-refractivity contribution in [3.63, 3.8) is 0 Å². The zero-order valence-corrected chi connectivity index (χ0v) is 10.7. The highest BCUT2D eigenvalue weighted by atomic mass is 35.5. The van der Waals surface area contributed by atoms with Crippen molar-refractivity contribution in [2.24, 2.45) is 0 Å². The minimum Gasteiger partial charge on any atom is -0.322 e. The minimum atomic E-state index is -0.573. The first-order valence-corrected chi connectivity index (χ1v) is 6.37. The van der Waals surface area contributed by atoms with Crippen LogP contribution in [-0.2, 0) is 16.1 Å². The molecule has 2 aliphatic heterocycles. The number of halogens is 1. The van der Waals surface area contributed by atoms with E-state index in [1.807, 2.05) is 0 Å². The van der Waals surface area contributed by atoms with Crippen molar-refractivity contribution in [2.45, 2.75) is 25.4 Å². The maximum atomic E-state index is 12.3. The van der Waals surface area contributed by atoms with Crippen LogP contribution in [0.25, 0.3) is 0 Å². The van der Waals surface area contributed by atoms with Crippen molar-refractivity contribution in [1.29, 1.82) is 0 Å². The van der Waals surface area contributed by atoms with Gasteiger partial charge in [-0.2, -0.15) is 0 Å². The van der Waals surface area contributed by atoms with Crippen LogP contribution in [0.15, 0.2) is 18.2 Å². The van der Waals surface area contributed by atoms with Gasteiger partial charge < -0.3 is 4.90 Å². The van der Waals surface area contributed by atoms with Crippen LogP contribution in [-0.4, -0.2) is 28.7 Å². The number of piperidine rings is 1. The van der Waals surface area contributed by atoms with Gasteiger partial charge in [-0.3, -0.25) is 19.7 Å². The van der Waals surface area contributed by atoms with Crippen LogP contribution in [0, 0.1) is 0 Å². The fourth-order valence-electron chi connectivity index (χ4n) is 2.53. The molecule has 0 spiro atoms. The molecule has 0 bridgehead atoms. The number of hydrogen-bond donors (Lipinski definition) is 1. The minimum absolute atomic E-state index is 0.202. The Bertz CT molecular complexity index is 600. The summed E-state index contributed by atoms with van der Waals surface area (Å²) in [5, 5.41) is 2.76. The highest BCUT2D eigenvalue weighted by Gasteiger charge is 2.38. The third-order valence-corrected chi connectivity index (χ3v) is 3.73. The number of hydrogen-bond acceptors (Lipinski definition) is 3. The number of carbonyl (C=O) groups excluding carboxylic acids is 3. The first kappa shape index (κ1) is 12.2. The quantitative estimate of drug-likeness (QED) is 0.782. The summed E-state index contributed by atoms with van der Waals surface area (Å²) in [5.74, 6) is -0.885. The molecule has 0 aliphatic carbocycles. The number of carbonyl (C=O) groups is 3. The van der Waals surface area contributed by atoms with E-state index in [2.05, 4.69) is 5.32 Å². The molecule has 1 N–H and O–H groups in total. The predicted octanol–water partition coefficient (Wildman–Crippen LogP) is 1.10. The summed E-state index contributed by atoms with van der Waals surface area (Å²) >= 11 is 5.88. The summed E-state index contributed by atoms with van der Waals surface area (Å²) in [5.41, 5.74) is 1.40. The van der Waals surface area contributed by atoms with Crippen molar-refractivity contribution in [1.82, 2.24) is 10.2 Å². The number of imide groups is 1. The van der Waals surface area contributed by atoms with Gasteiger partial charge >= 0.3 is 0 Å². The van der Waals surface area contributed by atoms with Gasteiger partial charge in [0, 0.05) is 23.6 Å². The molecular weight excluding hydrogens is 268 g/mol. The molecule has 3 rings (SSSR count). The van der Waals surface area contributed by atoms with Crippen molar-refractivity contribution in [2.75, 3.05) is 0 Å². The fraction of sp³-hybridized carbons (Fsp3) is 0.308. The molecule has 2 heterocycles. The van der Waals surface area contributed by atoms with E-state index in [1.165, 1.54) is 4.90 Å². The summed E-state index contributed by atoms with van der Waals surface area (Å²) in [6.07, 6.45) is 0.634. The third-order valence-electron chi connectivity index (χ3n) is 3.49. The van der Waals surface area contributed by atoms with Crippen molar-refractivity contribution in [3.8, 4) is 0 Å². The van der Waals surface area contributed by atoms with Crippen molar-refractivity contribution >= 4 is 29.3 Å². The van der Waals surface area contributed by atoms with Crippen LogP contribution >= 0.6 is 11.6 Å². The zero-order valence-electron chi connectivity index (χ0n) is 9.98. The molecule has 0 aromatic heterocycles. The second-order valence-electron chi connectivity index (χ2n) is 4.70. The predicted molar refractivity (Wildman–Crippen MR) is 67.5 cm³/mol. The molecule has 1 fully saturated rings. The van der Waals surface area contributed by atoms with Gasteiger partial charge in [0.25, 0.3) is 5.91 Å². The van der Waals surface area contributed by atoms with Gasteiger partial charge in [-0.15, -0.1) is 0 Å². The molecular formula is C13H11ClN2O3. The molecule has 0 radical (unpaired) electrons. The molecule has 1 aromatic carbocycles. The fourth-order valence-corrected chi connectivity index (χ4v) is 2.70. The lowest BCUT2D eigenvalue weighted by Gasteiger charge is -2.29. The summed E-state index contributed by atoms with van der Waals surface area (Å²) in [6.45, 7) is 0.387. The third kappa shape index (κ3) is 2.00. The van der Waals surface area contributed by atoms with Crippen LogP contribution in [0.4, 0.5) is 0 Å². The number of amides is 3. The van der Waals surface area contributed by atoms with Gasteiger partial charge in [-0.1, -0.05) is 17.7 Å². The summed E-state index contributed by atoms with van der Waals surface area (Å²) in [4.78, 5) is 36.7. The Balaban J connectivity index is 1.88. The van der Waals surface area contributed by atoms with E-state index >= 15 is 0 Å². The Morgan fingerprint density at radius 3 is 2.79 bits per heavy atom. The molecule has 98 valence electrons. The summed E-state index contributed by atoms with van der Waals surface area (Å²) < 4.78 is 0. The number of nitrogens with zero attached hydrogens (tertiary/aromatic N) is 1. The first-order chi connectivity index (χ1) is 9.06. The van der Waals surface area contributed by atoms with Crippen LogP contribution in [0.1, 0.15) is 28.8 Å². The van der Waals surface area contributed by atoms with E-state index in [4.69, 9.17) is 11.6 Å². The van der Waals surface area contributed by atoms with Gasteiger partial charge in [0.05, 0.1) is 0 Å². The molecule has 1 aromatic rings. The van der Waals surface area contributed by atoms with Crippen molar-refractivity contribution in [3.05, 3.63) is 34.3 Å². The maximum absolute atomic E-state index is 12.3. The van der Waals surface area contributed by atoms with E-state index in [0.29, 0.717) is 23.6 Å². The Hall–Kier alpha value is -1.88. The smallest absolute Gasteiger partial charge is 0.255 e. The second kappa shape index (κ2) is 4.35. The van der Waals surface area contributed by atoms with E-state index < -0.39 is 11.9 Å². The van der Waals surface area contributed by atoms with Crippen LogP contribution < -0.4 is 5.32 Å². The van der Waals surface area contributed by atoms with Crippen molar-refractivity contribution < 1.29 is 14.4 Å². The maximum Gasteiger partial charge on any atom is 0.255 e. The monoisotopic (exact) mass is 278 g/mol. The Kier molecular flexibility index (Phi) is 2.78. The normalized spacial score (nSPS) is 22.5. The zero-order chi connectivity index (χ0) is 13.6. The molecule has 6 heteroatoms. The van der Waals surface area contributed by atoms with E-state index in [0.717, 1.165) is 5.56 Å². The Morgan fingerprint density at radius 1 is 1.26 bits per heavy atom. The lowest BCUT2D eigenvalue weighted by atomic mass is 10.0. The number of rotatable bonds is 1. The molecule has 3 amide bonds. The van der Waals surface area contributed by atoms with Gasteiger partial charge in [-0.25, -0.2) is 0 Å². The topological polar surface area (TPSA) is 66.5 Å². The molecule has 5 nitrogen and oxygen atoms in total. The first-order valence-electron chi connectivity index (χ1n) is 5.99. The molecule has 2 aliphatic rings. The Morgan fingerprint density at radius 2 is 2.05 bits per heavy atom. The van der Waals surface area contributed by atoms with E-state index in [9.17, 15) is 14.4 Å². The highest BCUT2D eigenvalue weighted by molar-refractivity contribution is 6.31. The lowest BCUT2D eigenvalue weighted by Crippen LogP contribution is -2.52. The van der Waals surface area contributed by atoms with Gasteiger partial charge in [0.1, 0.15) is 6.04 Å².